The highest BCUT2D eigenvalue weighted by Crippen LogP contribution is 2.22. The number of pyridine rings is 1. The first kappa shape index (κ1) is 23.1. The number of hydrogen-bond acceptors (Lipinski definition) is 7. The minimum atomic E-state index is -1.38. The first-order valence-corrected chi connectivity index (χ1v) is 12.0. The summed E-state index contributed by atoms with van der Waals surface area (Å²) < 4.78 is 21.2. The Morgan fingerprint density at radius 1 is 1.15 bits per heavy atom. The van der Waals surface area contributed by atoms with Crippen LogP contribution in [0.5, 0.6) is 0 Å². The van der Waals surface area contributed by atoms with E-state index in [9.17, 15) is 4.55 Å². The molecule has 4 rings (SSSR count). The van der Waals surface area contributed by atoms with Crippen molar-refractivity contribution >= 4 is 22.9 Å². The van der Waals surface area contributed by atoms with Gasteiger partial charge in [0.2, 0.25) is 0 Å². The predicted molar refractivity (Wildman–Crippen MR) is 130 cm³/mol. The lowest BCUT2D eigenvalue weighted by atomic mass is 10.1. The molecule has 0 amide bonds. The number of ether oxygens (including phenoxy) is 1. The maximum absolute atomic E-state index is 12.7. The monoisotopic (exact) mass is 461 g/mol. The van der Waals surface area contributed by atoms with Crippen molar-refractivity contribution in [2.45, 2.75) is 25.2 Å². The summed E-state index contributed by atoms with van der Waals surface area (Å²) in [5.74, 6) is 7.74. The fourth-order valence-corrected chi connectivity index (χ4v) is 4.57. The normalized spacial score (nSPS) is 16.1. The summed E-state index contributed by atoms with van der Waals surface area (Å²) in [4.78, 5) is 16.1. The van der Waals surface area contributed by atoms with Crippen LogP contribution in [0.4, 0.5) is 11.5 Å². The maximum Gasteiger partial charge on any atom is 0.179 e. The highest BCUT2D eigenvalue weighted by atomic mass is 32.2. The Morgan fingerprint density at radius 3 is 2.73 bits per heavy atom. The Balaban J connectivity index is 1.56. The zero-order valence-electron chi connectivity index (χ0n) is 19.0. The molecule has 1 saturated heterocycles. The number of nitrogens with zero attached hydrogens (tertiary/aromatic N) is 4. The van der Waals surface area contributed by atoms with Gasteiger partial charge in [0, 0.05) is 37.9 Å². The van der Waals surface area contributed by atoms with Gasteiger partial charge in [0.15, 0.2) is 4.90 Å². The van der Waals surface area contributed by atoms with Gasteiger partial charge in [-0.2, -0.15) is 0 Å². The summed E-state index contributed by atoms with van der Waals surface area (Å²) in [6.07, 6.45) is 4.35. The van der Waals surface area contributed by atoms with E-state index in [0.717, 1.165) is 48.9 Å². The highest BCUT2D eigenvalue weighted by Gasteiger charge is 2.20. The van der Waals surface area contributed by atoms with Gasteiger partial charge in [-0.1, -0.05) is 30.0 Å². The van der Waals surface area contributed by atoms with Gasteiger partial charge < -0.3 is 14.2 Å². The van der Waals surface area contributed by atoms with Crippen molar-refractivity contribution in [1.82, 2.24) is 15.0 Å². The van der Waals surface area contributed by atoms with Gasteiger partial charge in [0.1, 0.15) is 29.2 Å². The molecule has 1 aliphatic heterocycles. The van der Waals surface area contributed by atoms with Crippen molar-refractivity contribution in [3.63, 3.8) is 0 Å². The molecule has 2 atom stereocenters. The minimum absolute atomic E-state index is 0.492. The van der Waals surface area contributed by atoms with Crippen LogP contribution in [-0.2, 0) is 16.1 Å². The molecule has 170 valence electrons. The van der Waals surface area contributed by atoms with Crippen LogP contribution in [0.15, 0.2) is 53.8 Å². The number of anilines is 2. The molecule has 0 aliphatic carbocycles. The Bertz CT molecular complexity index is 1160. The molecule has 0 bridgehead atoms. The summed E-state index contributed by atoms with van der Waals surface area (Å²) in [7, 11) is 2.03. The molecule has 1 aliphatic rings. The Morgan fingerprint density at radius 2 is 1.97 bits per heavy atom. The number of benzene rings is 1. The maximum atomic E-state index is 12.7. The second-order valence-electron chi connectivity index (χ2n) is 8.06. The third-order valence-electron chi connectivity index (χ3n) is 5.51. The van der Waals surface area contributed by atoms with Crippen LogP contribution in [-0.4, -0.2) is 46.3 Å². The van der Waals surface area contributed by atoms with E-state index in [-0.39, 0.29) is 0 Å². The van der Waals surface area contributed by atoms with Crippen LogP contribution in [0, 0.1) is 31.6 Å². The number of hydrogen-bond donors (Lipinski definition) is 1. The molecule has 33 heavy (non-hydrogen) atoms. The van der Waals surface area contributed by atoms with Crippen LogP contribution in [0.25, 0.3) is 0 Å². The zero-order chi connectivity index (χ0) is 23.2. The molecule has 2 aromatic heterocycles. The van der Waals surface area contributed by atoms with Gasteiger partial charge in [-0.05, 0) is 38.5 Å². The van der Waals surface area contributed by atoms with Crippen molar-refractivity contribution < 1.29 is 9.29 Å². The van der Waals surface area contributed by atoms with Crippen LogP contribution in [0.3, 0.4) is 0 Å². The molecular formula is C25H27N5O2S. The van der Waals surface area contributed by atoms with E-state index in [2.05, 4.69) is 36.4 Å². The fourth-order valence-electron chi connectivity index (χ4n) is 3.64. The van der Waals surface area contributed by atoms with E-state index in [4.69, 9.17) is 4.74 Å². The SMILES string of the molecule is Cc1ncc(C#Cc2c(C)ncnc2N(C)CC2CCOC2)cc1N[S+]([O-])c1ccccc1. The fraction of sp³-hybridized carbons (Fsp3) is 0.320. The molecule has 3 heterocycles. The van der Waals surface area contributed by atoms with Crippen molar-refractivity contribution in [1.29, 1.82) is 0 Å². The smallest absolute Gasteiger partial charge is 0.179 e. The lowest BCUT2D eigenvalue weighted by Gasteiger charge is -2.22. The lowest BCUT2D eigenvalue weighted by molar-refractivity contribution is 0.186. The number of nitrogens with one attached hydrogen (secondary N) is 1. The van der Waals surface area contributed by atoms with Crippen molar-refractivity contribution in [3.05, 3.63) is 71.4 Å². The van der Waals surface area contributed by atoms with Crippen molar-refractivity contribution in [2.24, 2.45) is 5.92 Å². The van der Waals surface area contributed by atoms with Crippen molar-refractivity contribution in [2.75, 3.05) is 36.4 Å². The van der Waals surface area contributed by atoms with Gasteiger partial charge >= 0.3 is 0 Å². The third kappa shape index (κ3) is 5.82. The topological polar surface area (TPSA) is 86.2 Å². The summed E-state index contributed by atoms with van der Waals surface area (Å²) in [5.41, 5.74) is 3.77. The molecule has 0 saturated carbocycles. The molecule has 2 unspecified atom stereocenters. The van der Waals surface area contributed by atoms with Crippen molar-refractivity contribution in [3.8, 4) is 11.8 Å². The van der Waals surface area contributed by atoms with Gasteiger partial charge in [0.25, 0.3) is 0 Å². The average Bonchev–Trinajstić information content (AvgIpc) is 3.33. The predicted octanol–water partition coefficient (Wildman–Crippen LogP) is 3.50. The second kappa shape index (κ2) is 10.7. The summed E-state index contributed by atoms with van der Waals surface area (Å²) >= 11 is -1.38. The van der Waals surface area contributed by atoms with E-state index in [1.807, 2.05) is 57.3 Å². The standard InChI is InChI=1S/C25H27N5O2S/c1-18-23(25(28-17-27-18)30(3)15-21-11-12-32-16-21)10-9-20-13-24(19(2)26-14-20)29-33(31)22-7-5-4-6-8-22/h4-8,13-14,17,21,29H,11-12,15-16H2,1-3H3. The molecular weight excluding hydrogens is 434 g/mol. The van der Waals surface area contributed by atoms with E-state index >= 15 is 0 Å². The lowest BCUT2D eigenvalue weighted by Crippen LogP contribution is -2.27. The summed E-state index contributed by atoms with van der Waals surface area (Å²) in [6.45, 7) is 6.27. The Labute approximate surface area is 198 Å². The van der Waals surface area contributed by atoms with Crippen LogP contribution < -0.4 is 9.62 Å². The Hall–Kier alpha value is -3.12. The van der Waals surface area contributed by atoms with Crippen LogP contribution >= 0.6 is 0 Å². The number of aromatic nitrogens is 3. The highest BCUT2D eigenvalue weighted by molar-refractivity contribution is 7.92. The molecule has 1 aromatic carbocycles. The first-order valence-electron chi connectivity index (χ1n) is 10.8. The van der Waals surface area contributed by atoms with Gasteiger partial charge in [0.05, 0.1) is 23.6 Å². The quantitative estimate of drug-likeness (QED) is 0.444. The average molecular weight is 462 g/mol. The molecule has 8 heteroatoms. The molecule has 0 spiro atoms. The molecule has 7 nitrogen and oxygen atoms in total. The third-order valence-corrected chi connectivity index (χ3v) is 6.62. The van der Waals surface area contributed by atoms with Gasteiger partial charge in [-0.25, -0.2) is 14.7 Å². The zero-order valence-corrected chi connectivity index (χ0v) is 19.9. The van der Waals surface area contributed by atoms with Gasteiger partial charge in [-0.15, -0.1) is 0 Å². The summed E-state index contributed by atoms with van der Waals surface area (Å²) in [6, 6.07) is 11.1. The number of aryl methyl sites for hydroxylation is 2. The summed E-state index contributed by atoms with van der Waals surface area (Å²) in [5, 5.41) is 0. The number of rotatable bonds is 6. The van der Waals surface area contributed by atoms with Crippen LogP contribution in [0.1, 0.15) is 28.9 Å². The van der Waals surface area contributed by atoms with Gasteiger partial charge in [-0.3, -0.25) is 4.98 Å². The largest absolute Gasteiger partial charge is 0.588 e. The molecule has 0 radical (unpaired) electrons. The molecule has 3 aromatic rings. The minimum Gasteiger partial charge on any atom is -0.588 e. The van der Waals surface area contributed by atoms with E-state index in [0.29, 0.717) is 22.1 Å². The second-order valence-corrected chi connectivity index (χ2v) is 9.27. The Kier molecular flexibility index (Phi) is 7.45. The molecule has 1 fully saturated rings. The first-order chi connectivity index (χ1) is 16.0. The van der Waals surface area contributed by atoms with E-state index in [1.165, 1.54) is 0 Å². The molecule has 1 N–H and O–H groups in total. The van der Waals surface area contributed by atoms with Crippen LogP contribution in [0.2, 0.25) is 0 Å². The van der Waals surface area contributed by atoms with E-state index in [1.54, 1.807) is 12.5 Å². The van der Waals surface area contributed by atoms with E-state index < -0.39 is 11.4 Å².